The maximum atomic E-state index is 2.39. The first-order chi connectivity index (χ1) is 5.77. The van der Waals surface area contributed by atoms with Gasteiger partial charge in [-0.1, -0.05) is 13.8 Å². The second kappa shape index (κ2) is 3.40. The minimum Gasteiger partial charge on any atom is -0.0625 e. The standard InChI is InChI=1S/C12H22/c1-9(2)10-3-5-11(6-4-10)12-7-8-12/h9-12H,3-8H2,1-2H3. The molecule has 0 spiro atoms. The molecule has 0 N–H and O–H groups in total. The van der Waals surface area contributed by atoms with Crippen LogP contribution in [-0.4, -0.2) is 0 Å². The van der Waals surface area contributed by atoms with E-state index >= 15 is 0 Å². The molecule has 0 unspecified atom stereocenters. The third-order valence-electron chi connectivity index (χ3n) is 4.05. The largest absolute Gasteiger partial charge is 0.0625 e. The van der Waals surface area contributed by atoms with Gasteiger partial charge in [-0.25, -0.2) is 0 Å². The van der Waals surface area contributed by atoms with Crippen molar-refractivity contribution < 1.29 is 0 Å². The molecule has 2 aliphatic carbocycles. The first kappa shape index (κ1) is 8.59. The molecule has 2 fully saturated rings. The lowest BCUT2D eigenvalue weighted by Crippen LogP contribution is -2.19. The van der Waals surface area contributed by atoms with Crippen LogP contribution < -0.4 is 0 Å². The summed E-state index contributed by atoms with van der Waals surface area (Å²) in [6.07, 6.45) is 9.26. The summed E-state index contributed by atoms with van der Waals surface area (Å²) >= 11 is 0. The van der Waals surface area contributed by atoms with Crippen molar-refractivity contribution in [2.45, 2.75) is 52.4 Å². The van der Waals surface area contributed by atoms with Gasteiger partial charge in [0, 0.05) is 0 Å². The van der Waals surface area contributed by atoms with Gasteiger partial charge in [0.15, 0.2) is 0 Å². The third kappa shape index (κ3) is 1.84. The number of rotatable bonds is 2. The molecular formula is C12H22. The van der Waals surface area contributed by atoms with Crippen molar-refractivity contribution >= 4 is 0 Å². The molecule has 70 valence electrons. The van der Waals surface area contributed by atoms with Crippen molar-refractivity contribution in [1.29, 1.82) is 0 Å². The zero-order chi connectivity index (χ0) is 8.55. The van der Waals surface area contributed by atoms with Crippen molar-refractivity contribution in [2.75, 3.05) is 0 Å². The molecule has 0 aromatic heterocycles. The Balaban J connectivity index is 1.76. The third-order valence-corrected chi connectivity index (χ3v) is 4.05. The van der Waals surface area contributed by atoms with Crippen LogP contribution in [0.2, 0.25) is 0 Å². The second-order valence-electron chi connectivity index (χ2n) is 5.26. The Kier molecular flexibility index (Phi) is 2.43. The fourth-order valence-electron chi connectivity index (χ4n) is 2.85. The Hall–Kier alpha value is 0. The summed E-state index contributed by atoms with van der Waals surface area (Å²) in [7, 11) is 0. The average Bonchev–Trinajstić information content (AvgIpc) is 2.87. The van der Waals surface area contributed by atoms with Gasteiger partial charge in [0.25, 0.3) is 0 Å². The molecule has 2 saturated carbocycles. The zero-order valence-electron chi connectivity index (χ0n) is 8.55. The van der Waals surface area contributed by atoms with Crippen LogP contribution in [0.1, 0.15) is 52.4 Å². The predicted octanol–water partition coefficient (Wildman–Crippen LogP) is 3.86. The summed E-state index contributed by atoms with van der Waals surface area (Å²) in [6, 6.07) is 0. The topological polar surface area (TPSA) is 0 Å². The van der Waals surface area contributed by atoms with Crippen LogP contribution in [0.3, 0.4) is 0 Å². The highest BCUT2D eigenvalue weighted by Crippen LogP contribution is 2.46. The monoisotopic (exact) mass is 166 g/mol. The van der Waals surface area contributed by atoms with Gasteiger partial charge in [0.2, 0.25) is 0 Å². The molecule has 0 amide bonds. The minimum atomic E-state index is 0.935. The number of hydrogen-bond donors (Lipinski definition) is 0. The molecule has 0 aliphatic heterocycles. The van der Waals surface area contributed by atoms with Crippen molar-refractivity contribution in [3.8, 4) is 0 Å². The van der Waals surface area contributed by atoms with Crippen molar-refractivity contribution in [2.24, 2.45) is 23.7 Å². The normalized spacial score (nSPS) is 37.2. The molecule has 12 heavy (non-hydrogen) atoms. The molecule has 0 aromatic carbocycles. The SMILES string of the molecule is CC(C)C1CCC(C2CC2)CC1. The highest BCUT2D eigenvalue weighted by molar-refractivity contribution is 4.85. The molecule has 0 heteroatoms. The van der Waals surface area contributed by atoms with Crippen LogP contribution in [0.4, 0.5) is 0 Å². The molecule has 2 rings (SSSR count). The van der Waals surface area contributed by atoms with Crippen LogP contribution in [0.5, 0.6) is 0 Å². The van der Waals surface area contributed by atoms with Crippen molar-refractivity contribution in [1.82, 2.24) is 0 Å². The van der Waals surface area contributed by atoms with E-state index in [0.29, 0.717) is 0 Å². The van der Waals surface area contributed by atoms with Gasteiger partial charge in [-0.15, -0.1) is 0 Å². The van der Waals surface area contributed by atoms with Gasteiger partial charge in [-0.3, -0.25) is 0 Å². The zero-order valence-corrected chi connectivity index (χ0v) is 8.55. The quantitative estimate of drug-likeness (QED) is 0.584. The first-order valence-electron chi connectivity index (χ1n) is 5.77. The molecule has 0 bridgehead atoms. The first-order valence-corrected chi connectivity index (χ1v) is 5.77. The Bertz CT molecular complexity index is 126. The number of hydrogen-bond acceptors (Lipinski definition) is 0. The lowest BCUT2D eigenvalue weighted by molar-refractivity contribution is 0.209. The molecule has 0 atom stereocenters. The highest BCUT2D eigenvalue weighted by atomic mass is 14.4. The Morgan fingerprint density at radius 1 is 0.750 bits per heavy atom. The van der Waals surface area contributed by atoms with E-state index in [0.717, 1.165) is 23.7 Å². The van der Waals surface area contributed by atoms with Gasteiger partial charge >= 0.3 is 0 Å². The van der Waals surface area contributed by atoms with Gasteiger partial charge in [0.1, 0.15) is 0 Å². The van der Waals surface area contributed by atoms with Crippen LogP contribution >= 0.6 is 0 Å². The molecular weight excluding hydrogens is 144 g/mol. The minimum absolute atomic E-state index is 0.935. The van der Waals surface area contributed by atoms with Gasteiger partial charge in [-0.05, 0) is 62.2 Å². The van der Waals surface area contributed by atoms with Crippen LogP contribution in [0, 0.1) is 23.7 Å². The highest BCUT2D eigenvalue weighted by Gasteiger charge is 2.34. The summed E-state index contributed by atoms with van der Waals surface area (Å²) in [6.45, 7) is 4.78. The van der Waals surface area contributed by atoms with E-state index in [-0.39, 0.29) is 0 Å². The fourth-order valence-corrected chi connectivity index (χ4v) is 2.85. The molecule has 0 heterocycles. The van der Waals surface area contributed by atoms with Crippen LogP contribution in [-0.2, 0) is 0 Å². The summed E-state index contributed by atoms with van der Waals surface area (Å²) in [5, 5.41) is 0. The van der Waals surface area contributed by atoms with E-state index in [1.807, 2.05) is 0 Å². The maximum Gasteiger partial charge on any atom is -0.0386 e. The molecule has 0 nitrogen and oxygen atoms in total. The smallest absolute Gasteiger partial charge is 0.0386 e. The summed E-state index contributed by atoms with van der Waals surface area (Å²) < 4.78 is 0. The Morgan fingerprint density at radius 2 is 1.17 bits per heavy atom. The predicted molar refractivity (Wildman–Crippen MR) is 53.0 cm³/mol. The average molecular weight is 166 g/mol. The van der Waals surface area contributed by atoms with E-state index in [1.165, 1.54) is 12.8 Å². The summed E-state index contributed by atoms with van der Waals surface area (Å²) in [5.41, 5.74) is 0. The summed E-state index contributed by atoms with van der Waals surface area (Å²) in [4.78, 5) is 0. The van der Waals surface area contributed by atoms with E-state index in [4.69, 9.17) is 0 Å². The molecule has 0 radical (unpaired) electrons. The molecule has 0 saturated heterocycles. The van der Waals surface area contributed by atoms with E-state index in [9.17, 15) is 0 Å². The van der Waals surface area contributed by atoms with Gasteiger partial charge < -0.3 is 0 Å². The Morgan fingerprint density at radius 3 is 1.50 bits per heavy atom. The lowest BCUT2D eigenvalue weighted by atomic mass is 9.75. The summed E-state index contributed by atoms with van der Waals surface area (Å²) in [5.74, 6) is 4.29. The fraction of sp³-hybridized carbons (Fsp3) is 1.00. The van der Waals surface area contributed by atoms with Crippen LogP contribution in [0.15, 0.2) is 0 Å². The van der Waals surface area contributed by atoms with E-state index < -0.39 is 0 Å². The molecule has 0 aromatic rings. The van der Waals surface area contributed by atoms with E-state index in [1.54, 1.807) is 25.7 Å². The molecule has 2 aliphatic rings. The maximum absolute atomic E-state index is 2.39. The van der Waals surface area contributed by atoms with Crippen molar-refractivity contribution in [3.05, 3.63) is 0 Å². The van der Waals surface area contributed by atoms with Gasteiger partial charge in [-0.2, -0.15) is 0 Å². The van der Waals surface area contributed by atoms with Crippen molar-refractivity contribution in [3.63, 3.8) is 0 Å². The van der Waals surface area contributed by atoms with Gasteiger partial charge in [0.05, 0.1) is 0 Å². The lowest BCUT2D eigenvalue weighted by Gasteiger charge is -2.30. The van der Waals surface area contributed by atoms with E-state index in [2.05, 4.69) is 13.8 Å². The second-order valence-corrected chi connectivity index (χ2v) is 5.26. The van der Waals surface area contributed by atoms with Crippen LogP contribution in [0.25, 0.3) is 0 Å². The Labute approximate surface area is 76.7 Å².